The third-order valence-corrected chi connectivity index (χ3v) is 3.07. The zero-order valence-corrected chi connectivity index (χ0v) is 9.07. The number of hydrogen-bond donors (Lipinski definition) is 1. The highest BCUT2D eigenvalue weighted by Gasteiger charge is 2.38. The summed E-state index contributed by atoms with van der Waals surface area (Å²) in [5.74, 6) is -1.66. The highest BCUT2D eigenvalue weighted by Crippen LogP contribution is 2.36. The highest BCUT2D eigenvalue weighted by atomic mass is 79.9. The standard InChI is InChI=1S/C10H10BrF2N/c11-7-3-6(4-8(12)9(7)13)5-10(14)1-2-10/h3-4H,1-2,5,14H2. The van der Waals surface area contributed by atoms with Crippen molar-refractivity contribution >= 4 is 15.9 Å². The zero-order valence-electron chi connectivity index (χ0n) is 7.49. The molecule has 1 aliphatic carbocycles. The maximum Gasteiger partial charge on any atom is 0.172 e. The average molecular weight is 262 g/mol. The van der Waals surface area contributed by atoms with Crippen molar-refractivity contribution in [2.75, 3.05) is 0 Å². The van der Waals surface area contributed by atoms with Gasteiger partial charge < -0.3 is 5.73 Å². The van der Waals surface area contributed by atoms with E-state index in [0.717, 1.165) is 18.4 Å². The minimum Gasteiger partial charge on any atom is -0.325 e. The molecule has 2 rings (SSSR count). The SMILES string of the molecule is NC1(Cc2cc(F)c(F)c(Br)c2)CC1. The molecule has 76 valence electrons. The largest absolute Gasteiger partial charge is 0.325 e. The van der Waals surface area contributed by atoms with Crippen LogP contribution in [0.4, 0.5) is 8.78 Å². The van der Waals surface area contributed by atoms with Gasteiger partial charge >= 0.3 is 0 Å². The van der Waals surface area contributed by atoms with E-state index in [-0.39, 0.29) is 10.0 Å². The lowest BCUT2D eigenvalue weighted by molar-refractivity contribution is 0.501. The lowest BCUT2D eigenvalue weighted by Gasteiger charge is -2.09. The van der Waals surface area contributed by atoms with E-state index in [4.69, 9.17) is 5.73 Å². The van der Waals surface area contributed by atoms with Crippen LogP contribution in [0.25, 0.3) is 0 Å². The Morgan fingerprint density at radius 1 is 1.36 bits per heavy atom. The van der Waals surface area contributed by atoms with Crippen molar-refractivity contribution in [3.63, 3.8) is 0 Å². The van der Waals surface area contributed by atoms with Crippen LogP contribution in [-0.2, 0) is 6.42 Å². The molecule has 1 aromatic rings. The molecule has 1 aromatic carbocycles. The summed E-state index contributed by atoms with van der Waals surface area (Å²) in [5, 5.41) is 0. The van der Waals surface area contributed by atoms with Crippen LogP contribution in [0.1, 0.15) is 18.4 Å². The number of benzene rings is 1. The molecule has 14 heavy (non-hydrogen) atoms. The fourth-order valence-corrected chi connectivity index (χ4v) is 1.94. The van der Waals surface area contributed by atoms with E-state index in [9.17, 15) is 8.78 Å². The first-order valence-corrected chi connectivity index (χ1v) is 5.22. The molecular weight excluding hydrogens is 252 g/mol. The van der Waals surface area contributed by atoms with Gasteiger partial charge in [0.05, 0.1) is 4.47 Å². The molecule has 0 atom stereocenters. The summed E-state index contributed by atoms with van der Waals surface area (Å²) in [5.41, 5.74) is 6.45. The second kappa shape index (κ2) is 3.28. The molecule has 0 radical (unpaired) electrons. The van der Waals surface area contributed by atoms with Gasteiger partial charge in [-0.05, 0) is 52.9 Å². The molecule has 0 unspecified atom stereocenters. The quantitative estimate of drug-likeness (QED) is 0.815. The van der Waals surface area contributed by atoms with Gasteiger partial charge in [0.15, 0.2) is 11.6 Å². The summed E-state index contributed by atoms with van der Waals surface area (Å²) in [6, 6.07) is 2.80. The summed E-state index contributed by atoms with van der Waals surface area (Å²) in [4.78, 5) is 0. The summed E-state index contributed by atoms with van der Waals surface area (Å²) < 4.78 is 26.1. The van der Waals surface area contributed by atoms with Gasteiger partial charge in [-0.1, -0.05) is 0 Å². The Labute approximate surface area is 89.4 Å². The van der Waals surface area contributed by atoms with Gasteiger partial charge in [0.25, 0.3) is 0 Å². The first-order chi connectivity index (χ1) is 6.50. The topological polar surface area (TPSA) is 26.0 Å². The normalized spacial score (nSPS) is 18.3. The van der Waals surface area contributed by atoms with E-state index >= 15 is 0 Å². The van der Waals surface area contributed by atoms with Crippen LogP contribution in [0.3, 0.4) is 0 Å². The third kappa shape index (κ3) is 1.96. The number of halogens is 3. The summed E-state index contributed by atoms with van der Waals surface area (Å²) >= 11 is 2.97. The fourth-order valence-electron chi connectivity index (χ4n) is 1.45. The minimum atomic E-state index is -0.837. The third-order valence-electron chi connectivity index (χ3n) is 2.49. The van der Waals surface area contributed by atoms with Gasteiger partial charge in [-0.2, -0.15) is 0 Å². The maximum absolute atomic E-state index is 13.0. The Hall–Kier alpha value is -0.480. The van der Waals surface area contributed by atoms with E-state index in [1.807, 2.05) is 0 Å². The predicted molar refractivity (Wildman–Crippen MR) is 53.9 cm³/mol. The zero-order chi connectivity index (χ0) is 10.3. The molecule has 2 N–H and O–H groups in total. The average Bonchev–Trinajstić information content (AvgIpc) is 2.79. The first kappa shape index (κ1) is 10.1. The monoisotopic (exact) mass is 261 g/mol. The molecule has 0 saturated heterocycles. The predicted octanol–water partition coefficient (Wildman–Crippen LogP) is 2.76. The Bertz CT molecular complexity index is 351. The van der Waals surface area contributed by atoms with Crippen LogP contribution in [-0.4, -0.2) is 5.54 Å². The van der Waals surface area contributed by atoms with Gasteiger partial charge in [-0.15, -0.1) is 0 Å². The van der Waals surface area contributed by atoms with E-state index in [0.29, 0.717) is 6.42 Å². The first-order valence-electron chi connectivity index (χ1n) is 4.42. The van der Waals surface area contributed by atoms with Crippen LogP contribution < -0.4 is 5.73 Å². The Morgan fingerprint density at radius 3 is 2.50 bits per heavy atom. The van der Waals surface area contributed by atoms with Crippen molar-refractivity contribution in [2.24, 2.45) is 5.73 Å². The number of rotatable bonds is 2. The molecule has 1 nitrogen and oxygen atoms in total. The van der Waals surface area contributed by atoms with E-state index in [2.05, 4.69) is 15.9 Å². The smallest absolute Gasteiger partial charge is 0.172 e. The van der Waals surface area contributed by atoms with Gasteiger partial charge in [0.2, 0.25) is 0 Å². The second-order valence-electron chi connectivity index (χ2n) is 3.91. The lowest BCUT2D eigenvalue weighted by atomic mass is 10.1. The molecular formula is C10H10BrF2N. The molecule has 0 spiro atoms. The Kier molecular flexibility index (Phi) is 2.35. The molecule has 4 heteroatoms. The maximum atomic E-state index is 13.0. The Morgan fingerprint density at radius 2 is 2.00 bits per heavy atom. The van der Waals surface area contributed by atoms with Crippen LogP contribution >= 0.6 is 15.9 Å². The molecule has 0 heterocycles. The van der Waals surface area contributed by atoms with Crippen molar-refractivity contribution in [3.8, 4) is 0 Å². The molecule has 0 aromatic heterocycles. The van der Waals surface area contributed by atoms with E-state index in [1.165, 1.54) is 6.07 Å². The number of hydrogen-bond acceptors (Lipinski definition) is 1. The van der Waals surface area contributed by atoms with Crippen LogP contribution in [0, 0.1) is 11.6 Å². The van der Waals surface area contributed by atoms with Crippen molar-refractivity contribution in [2.45, 2.75) is 24.8 Å². The fraction of sp³-hybridized carbons (Fsp3) is 0.400. The molecule has 1 saturated carbocycles. The lowest BCUT2D eigenvalue weighted by Crippen LogP contribution is -2.24. The van der Waals surface area contributed by atoms with Gasteiger partial charge in [-0.3, -0.25) is 0 Å². The van der Waals surface area contributed by atoms with Crippen LogP contribution in [0.2, 0.25) is 0 Å². The summed E-state index contributed by atoms with van der Waals surface area (Å²) in [7, 11) is 0. The van der Waals surface area contributed by atoms with Gasteiger partial charge in [0, 0.05) is 5.54 Å². The van der Waals surface area contributed by atoms with Gasteiger partial charge in [0.1, 0.15) is 0 Å². The van der Waals surface area contributed by atoms with E-state index in [1.54, 1.807) is 6.07 Å². The highest BCUT2D eigenvalue weighted by molar-refractivity contribution is 9.10. The minimum absolute atomic E-state index is 0.164. The molecule has 0 amide bonds. The van der Waals surface area contributed by atoms with Crippen molar-refractivity contribution < 1.29 is 8.78 Å². The summed E-state index contributed by atoms with van der Waals surface area (Å²) in [6.07, 6.45) is 2.54. The molecule has 0 bridgehead atoms. The molecule has 0 aliphatic heterocycles. The van der Waals surface area contributed by atoms with Crippen molar-refractivity contribution in [1.82, 2.24) is 0 Å². The molecule has 1 aliphatic rings. The van der Waals surface area contributed by atoms with Crippen molar-refractivity contribution in [1.29, 1.82) is 0 Å². The second-order valence-corrected chi connectivity index (χ2v) is 4.77. The van der Waals surface area contributed by atoms with Crippen molar-refractivity contribution in [3.05, 3.63) is 33.8 Å². The van der Waals surface area contributed by atoms with E-state index < -0.39 is 11.6 Å². The van der Waals surface area contributed by atoms with Crippen LogP contribution in [0.15, 0.2) is 16.6 Å². The van der Waals surface area contributed by atoms with Gasteiger partial charge in [-0.25, -0.2) is 8.78 Å². The Balaban J connectivity index is 2.26. The number of nitrogens with two attached hydrogens (primary N) is 1. The van der Waals surface area contributed by atoms with Crippen LogP contribution in [0.5, 0.6) is 0 Å². The molecule has 1 fully saturated rings. The summed E-state index contributed by atoms with van der Waals surface area (Å²) in [6.45, 7) is 0.